The van der Waals surface area contributed by atoms with Gasteiger partial charge < -0.3 is 15.0 Å². The number of hydrogen-bond acceptors (Lipinski definition) is 9. The first-order chi connectivity index (χ1) is 16.7. The average molecular weight is 463 g/mol. The van der Waals surface area contributed by atoms with Gasteiger partial charge in [-0.05, 0) is 31.7 Å². The Morgan fingerprint density at radius 2 is 2.06 bits per heavy atom. The quantitative estimate of drug-likeness (QED) is 0.569. The number of carbonyl (C=O) groups is 1. The zero-order chi connectivity index (χ0) is 23.1. The number of amides is 1. The van der Waals surface area contributed by atoms with Gasteiger partial charge in [0.25, 0.3) is 11.8 Å². The van der Waals surface area contributed by atoms with E-state index in [2.05, 4.69) is 31.0 Å². The van der Waals surface area contributed by atoms with Crippen LogP contribution in [0.25, 0.3) is 5.65 Å². The molecule has 34 heavy (non-hydrogen) atoms. The molecule has 12 nitrogen and oxygen atoms in total. The summed E-state index contributed by atoms with van der Waals surface area (Å²) in [6.45, 7) is 1.92. The summed E-state index contributed by atoms with van der Waals surface area (Å²) in [6.07, 6.45) is 17.6. The van der Waals surface area contributed by atoms with Crippen molar-refractivity contribution in [2.45, 2.75) is 31.7 Å². The predicted molar refractivity (Wildman–Crippen MR) is 125 cm³/mol. The number of rotatable bonds is 6. The van der Waals surface area contributed by atoms with Crippen molar-refractivity contribution < 1.29 is 9.53 Å². The second-order valence-electron chi connectivity index (χ2n) is 8.45. The van der Waals surface area contributed by atoms with E-state index in [1.165, 1.54) is 6.42 Å². The molecule has 2 aliphatic heterocycles. The maximum absolute atomic E-state index is 13.0. The van der Waals surface area contributed by atoms with Gasteiger partial charge in [-0.25, -0.2) is 14.9 Å². The van der Waals surface area contributed by atoms with Gasteiger partial charge in [0.2, 0.25) is 0 Å². The molecule has 5 heterocycles. The number of nitrogens with zero attached hydrogens (tertiary/aromatic N) is 8. The molecule has 0 unspecified atom stereocenters. The third-order valence-electron chi connectivity index (χ3n) is 6.33. The summed E-state index contributed by atoms with van der Waals surface area (Å²) in [4.78, 5) is 19.6. The lowest BCUT2D eigenvalue weighted by Crippen LogP contribution is -2.42. The maximum atomic E-state index is 13.0. The van der Waals surface area contributed by atoms with Gasteiger partial charge in [0.1, 0.15) is 17.1 Å². The summed E-state index contributed by atoms with van der Waals surface area (Å²) in [7, 11) is 1.55. The van der Waals surface area contributed by atoms with E-state index in [1.54, 1.807) is 30.1 Å². The molecule has 2 N–H and O–H groups in total. The van der Waals surface area contributed by atoms with E-state index in [-0.39, 0.29) is 11.6 Å². The Balaban J connectivity index is 1.22. The van der Waals surface area contributed by atoms with E-state index < -0.39 is 0 Å². The van der Waals surface area contributed by atoms with Crippen LogP contribution < -0.4 is 20.4 Å². The van der Waals surface area contributed by atoms with Crippen LogP contribution in [0.2, 0.25) is 0 Å². The Hall–Kier alpha value is -3.90. The Kier molecular flexibility index (Phi) is 5.15. The van der Waals surface area contributed by atoms with Gasteiger partial charge in [-0.3, -0.25) is 14.5 Å². The monoisotopic (exact) mass is 462 g/mol. The molecular formula is C22H26N10O2. The lowest BCUT2D eigenvalue weighted by Gasteiger charge is -2.30. The third kappa shape index (κ3) is 3.66. The highest BCUT2D eigenvalue weighted by molar-refractivity contribution is 6.03. The summed E-state index contributed by atoms with van der Waals surface area (Å²) >= 11 is 0. The largest absolute Gasteiger partial charge is 0.478 e. The number of anilines is 2. The van der Waals surface area contributed by atoms with Crippen LogP contribution in [0.15, 0.2) is 49.5 Å². The molecule has 1 aliphatic carbocycles. The van der Waals surface area contributed by atoms with Crippen LogP contribution >= 0.6 is 0 Å². The fourth-order valence-corrected chi connectivity index (χ4v) is 4.22. The third-order valence-corrected chi connectivity index (χ3v) is 6.33. The van der Waals surface area contributed by atoms with E-state index >= 15 is 0 Å². The minimum absolute atomic E-state index is 0.278. The van der Waals surface area contributed by atoms with Gasteiger partial charge in [-0.15, -0.1) is 5.10 Å². The fourth-order valence-electron chi connectivity index (χ4n) is 4.22. The van der Waals surface area contributed by atoms with Crippen LogP contribution in [0.1, 0.15) is 42.2 Å². The number of fused-ring (bicyclic) bond motifs is 1. The molecule has 2 fully saturated rings. The van der Waals surface area contributed by atoms with Crippen LogP contribution in [-0.2, 0) is 0 Å². The molecule has 1 amide bonds. The molecule has 0 radical (unpaired) electrons. The van der Waals surface area contributed by atoms with Crippen LogP contribution in [-0.4, -0.2) is 60.6 Å². The van der Waals surface area contributed by atoms with Crippen molar-refractivity contribution in [2.24, 2.45) is 0 Å². The van der Waals surface area contributed by atoms with Crippen molar-refractivity contribution in [3.8, 4) is 5.88 Å². The van der Waals surface area contributed by atoms with E-state index in [0.717, 1.165) is 38.0 Å². The molecule has 1 saturated heterocycles. The topological polar surface area (TPSA) is 108 Å². The summed E-state index contributed by atoms with van der Waals surface area (Å²) in [5.74, 6) is 0.0594. The molecular weight excluding hydrogens is 436 g/mol. The summed E-state index contributed by atoms with van der Waals surface area (Å²) in [5.41, 5.74) is 5.48. The number of nitrogens with one attached hydrogen (secondary N) is 2. The first-order valence-electron chi connectivity index (χ1n) is 11.4. The number of carbonyl (C=O) groups excluding carboxylic acids is 1. The molecule has 3 aromatic heterocycles. The van der Waals surface area contributed by atoms with Crippen molar-refractivity contribution in [2.75, 3.05) is 30.4 Å². The van der Waals surface area contributed by atoms with E-state index in [0.29, 0.717) is 23.3 Å². The lowest BCUT2D eigenvalue weighted by molar-refractivity contribution is 0.0445. The molecule has 3 aromatic rings. The number of hydrogen-bond donors (Lipinski definition) is 2. The molecule has 1 saturated carbocycles. The number of aromatic nitrogens is 5. The molecule has 0 spiro atoms. The number of ether oxygens (including phenoxy) is 1. The smallest absolute Gasteiger partial charge is 0.274 e. The van der Waals surface area contributed by atoms with E-state index in [4.69, 9.17) is 4.74 Å². The molecule has 0 atom stereocenters. The van der Waals surface area contributed by atoms with Crippen molar-refractivity contribution in [1.82, 2.24) is 39.9 Å². The molecule has 176 valence electrons. The molecule has 6 rings (SSSR count). The Morgan fingerprint density at radius 3 is 2.76 bits per heavy atom. The highest BCUT2D eigenvalue weighted by Crippen LogP contribution is 2.34. The predicted octanol–water partition coefficient (Wildman–Crippen LogP) is 2.10. The Bertz CT molecular complexity index is 1250. The van der Waals surface area contributed by atoms with Crippen LogP contribution in [0, 0.1) is 0 Å². The van der Waals surface area contributed by atoms with E-state index in [9.17, 15) is 4.79 Å². The number of hydrazine groups is 2. The van der Waals surface area contributed by atoms with Gasteiger partial charge >= 0.3 is 0 Å². The first kappa shape index (κ1) is 20.7. The molecule has 12 heteroatoms. The summed E-state index contributed by atoms with van der Waals surface area (Å²) in [6, 6.07) is 2.01. The van der Waals surface area contributed by atoms with Crippen molar-refractivity contribution in [1.29, 1.82) is 0 Å². The Morgan fingerprint density at radius 1 is 1.21 bits per heavy atom. The van der Waals surface area contributed by atoms with Gasteiger partial charge in [0.15, 0.2) is 5.65 Å². The Labute approximate surface area is 196 Å². The highest BCUT2D eigenvalue weighted by atomic mass is 16.5. The van der Waals surface area contributed by atoms with Crippen LogP contribution in [0.4, 0.5) is 11.4 Å². The van der Waals surface area contributed by atoms with Crippen molar-refractivity contribution in [3.63, 3.8) is 0 Å². The minimum Gasteiger partial charge on any atom is -0.478 e. The van der Waals surface area contributed by atoms with Crippen molar-refractivity contribution in [3.05, 3.63) is 55.2 Å². The van der Waals surface area contributed by atoms with Crippen LogP contribution in [0.3, 0.4) is 0 Å². The number of methoxy groups -OCH3 is 1. The minimum atomic E-state index is -0.336. The molecule has 3 aliphatic rings. The SMILES string of the molecule is COc1nn(C2CCC2)cc1NC(=O)c1ccn2ncc(N3C=CN(N4CCCN4)C=C3)c2n1. The second kappa shape index (κ2) is 8.47. The second-order valence-corrected chi connectivity index (χ2v) is 8.45. The lowest BCUT2D eigenvalue weighted by atomic mass is 9.93. The zero-order valence-electron chi connectivity index (χ0n) is 18.8. The van der Waals surface area contributed by atoms with Crippen molar-refractivity contribution >= 4 is 22.9 Å². The zero-order valence-corrected chi connectivity index (χ0v) is 18.8. The standard InChI is InChI=1S/C22H26N10O2/c1-34-22-18(15-31(27-22)16-4-2-5-16)26-21(33)17-6-9-30-20(25-17)19(14-24-30)28-10-12-29(13-11-28)32-8-3-7-23-32/h6,9-16,23H,2-5,7-8H2,1H3,(H,26,33). The van der Waals surface area contributed by atoms with Gasteiger partial charge in [0, 0.05) is 44.1 Å². The fraction of sp³-hybridized carbons (Fsp3) is 0.364. The maximum Gasteiger partial charge on any atom is 0.274 e. The first-order valence-corrected chi connectivity index (χ1v) is 11.4. The van der Waals surface area contributed by atoms with Gasteiger partial charge in [-0.1, -0.05) is 0 Å². The normalized spacial score (nSPS) is 18.6. The van der Waals surface area contributed by atoms with Gasteiger partial charge in [0.05, 0.1) is 25.5 Å². The van der Waals surface area contributed by atoms with E-state index in [1.807, 2.05) is 45.6 Å². The molecule has 0 aromatic carbocycles. The molecule has 0 bridgehead atoms. The van der Waals surface area contributed by atoms with Gasteiger partial charge in [-0.2, -0.15) is 10.2 Å². The van der Waals surface area contributed by atoms with Crippen LogP contribution in [0.5, 0.6) is 5.88 Å². The highest BCUT2D eigenvalue weighted by Gasteiger charge is 2.24. The summed E-state index contributed by atoms with van der Waals surface area (Å²) in [5, 5.41) is 15.8. The summed E-state index contributed by atoms with van der Waals surface area (Å²) < 4.78 is 8.89. The average Bonchev–Trinajstić information content (AvgIpc) is 3.58.